The third kappa shape index (κ3) is 35.5. The lowest BCUT2D eigenvalue weighted by molar-refractivity contribution is -0.143. The van der Waals surface area contributed by atoms with Gasteiger partial charge in [0.1, 0.15) is 0 Å². The molecule has 0 atom stereocenters. The standard InChI is InChI=1S/C55H109N5O4/c1-6-11-15-19-23-28-34-40-56(41-35-29-24-20-16-12-7-2)45-46-58(44-37-31-26-22-18-14-9-4)52-54(62)60-49-47-59(48-50-60)53(61)51-57(42-36-30-25-21-17-13-8-3)43-38-32-27-33-39-55(63)64-10-5/h6-52H2,1-5H3. The van der Waals surface area contributed by atoms with Crippen LogP contribution in [0.3, 0.4) is 0 Å². The number of esters is 1. The van der Waals surface area contributed by atoms with Crippen molar-refractivity contribution in [2.45, 2.75) is 247 Å². The number of piperazine rings is 1. The predicted octanol–water partition coefficient (Wildman–Crippen LogP) is 13.1. The molecule has 1 aliphatic heterocycles. The van der Waals surface area contributed by atoms with Gasteiger partial charge in [0.2, 0.25) is 11.8 Å². The van der Waals surface area contributed by atoms with Crippen LogP contribution in [0, 0.1) is 0 Å². The first-order valence-corrected chi connectivity index (χ1v) is 28.3. The Hall–Kier alpha value is -1.71. The molecule has 2 amide bonds. The minimum absolute atomic E-state index is 0.0960. The molecule has 64 heavy (non-hydrogen) atoms. The summed E-state index contributed by atoms with van der Waals surface area (Å²) in [6, 6.07) is 0. The molecule has 0 radical (unpaired) electrons. The number of rotatable bonds is 47. The second kappa shape index (κ2) is 45.1. The van der Waals surface area contributed by atoms with Gasteiger partial charge < -0.3 is 19.4 Å². The summed E-state index contributed by atoms with van der Waals surface area (Å²) in [6.07, 6.45) is 41.2. The molecule has 0 aromatic rings. The van der Waals surface area contributed by atoms with Crippen LogP contribution in [-0.2, 0) is 19.1 Å². The van der Waals surface area contributed by atoms with E-state index in [1.54, 1.807) is 0 Å². The van der Waals surface area contributed by atoms with E-state index >= 15 is 0 Å². The molecule has 0 N–H and O–H groups in total. The normalized spacial score (nSPS) is 13.2. The molecule has 1 rings (SSSR count). The Morgan fingerprint density at radius 3 is 0.938 bits per heavy atom. The number of hydrogen-bond donors (Lipinski definition) is 0. The van der Waals surface area contributed by atoms with Crippen molar-refractivity contribution in [3.8, 4) is 0 Å². The van der Waals surface area contributed by atoms with Crippen LogP contribution in [0.1, 0.15) is 247 Å². The largest absolute Gasteiger partial charge is 0.466 e. The van der Waals surface area contributed by atoms with Crippen LogP contribution in [0.25, 0.3) is 0 Å². The first-order chi connectivity index (χ1) is 31.4. The quantitative estimate of drug-likeness (QED) is 0.0445. The van der Waals surface area contributed by atoms with Gasteiger partial charge in [0.15, 0.2) is 0 Å². The Morgan fingerprint density at radius 1 is 0.344 bits per heavy atom. The molecule has 0 bridgehead atoms. The highest BCUT2D eigenvalue weighted by Crippen LogP contribution is 2.14. The zero-order chi connectivity index (χ0) is 46.6. The maximum atomic E-state index is 14.0. The summed E-state index contributed by atoms with van der Waals surface area (Å²) in [5, 5.41) is 0. The summed E-state index contributed by atoms with van der Waals surface area (Å²) in [5.41, 5.74) is 0. The van der Waals surface area contributed by atoms with Gasteiger partial charge in [-0.25, -0.2) is 0 Å². The summed E-state index contributed by atoms with van der Waals surface area (Å²) in [7, 11) is 0. The fourth-order valence-electron chi connectivity index (χ4n) is 9.31. The molecule has 1 fully saturated rings. The highest BCUT2D eigenvalue weighted by atomic mass is 16.5. The molecule has 9 nitrogen and oxygen atoms in total. The SMILES string of the molecule is CCCCCCCCCN(CCCCCCCCC)CCN(CCCCCCCCC)CC(=O)N1CCN(C(=O)CN(CCCCCCCCC)CCCCCCC(=O)OCC)CC1. The molecule has 0 saturated carbocycles. The van der Waals surface area contributed by atoms with Crippen LogP contribution in [-0.4, -0.2) is 134 Å². The van der Waals surface area contributed by atoms with Gasteiger partial charge in [0.25, 0.3) is 0 Å². The first kappa shape index (κ1) is 60.3. The number of unbranched alkanes of at least 4 members (excludes halogenated alkanes) is 27. The Kier molecular flexibility index (Phi) is 42.5. The van der Waals surface area contributed by atoms with Crippen molar-refractivity contribution in [3.63, 3.8) is 0 Å². The highest BCUT2D eigenvalue weighted by Gasteiger charge is 2.26. The van der Waals surface area contributed by atoms with Crippen molar-refractivity contribution < 1.29 is 19.1 Å². The van der Waals surface area contributed by atoms with Crippen molar-refractivity contribution >= 4 is 17.8 Å². The number of ether oxygens (including phenoxy) is 1. The number of carbonyl (C=O) groups excluding carboxylic acids is 3. The van der Waals surface area contributed by atoms with E-state index in [9.17, 15) is 14.4 Å². The Morgan fingerprint density at radius 2 is 0.609 bits per heavy atom. The van der Waals surface area contributed by atoms with E-state index in [0.29, 0.717) is 52.3 Å². The average molecular weight is 905 g/mol. The lowest BCUT2D eigenvalue weighted by atomic mass is 10.1. The predicted molar refractivity (Wildman–Crippen MR) is 274 cm³/mol. The summed E-state index contributed by atoms with van der Waals surface area (Å²) < 4.78 is 5.09. The number of amides is 2. The van der Waals surface area contributed by atoms with Crippen molar-refractivity contribution in [1.29, 1.82) is 0 Å². The fourth-order valence-corrected chi connectivity index (χ4v) is 9.31. The molecule has 0 aromatic carbocycles. The van der Waals surface area contributed by atoms with Gasteiger partial charge in [0, 0.05) is 45.7 Å². The lowest BCUT2D eigenvalue weighted by Crippen LogP contribution is -2.54. The summed E-state index contributed by atoms with van der Waals surface area (Å²) in [4.78, 5) is 51.1. The highest BCUT2D eigenvalue weighted by molar-refractivity contribution is 5.80. The zero-order valence-corrected chi connectivity index (χ0v) is 43.6. The van der Waals surface area contributed by atoms with Crippen molar-refractivity contribution in [2.75, 3.05) is 91.7 Å². The minimum Gasteiger partial charge on any atom is -0.466 e. The van der Waals surface area contributed by atoms with E-state index in [1.165, 1.54) is 186 Å². The monoisotopic (exact) mass is 904 g/mol. The molecule has 378 valence electrons. The van der Waals surface area contributed by atoms with Crippen LogP contribution in [0.2, 0.25) is 0 Å². The molecule has 0 unspecified atom stereocenters. The maximum absolute atomic E-state index is 14.0. The molecule has 0 spiro atoms. The van der Waals surface area contributed by atoms with E-state index in [2.05, 4.69) is 42.4 Å². The van der Waals surface area contributed by atoms with E-state index in [0.717, 1.165) is 64.8 Å². The second-order valence-electron chi connectivity index (χ2n) is 19.6. The van der Waals surface area contributed by atoms with E-state index in [-0.39, 0.29) is 17.8 Å². The first-order valence-electron chi connectivity index (χ1n) is 28.3. The van der Waals surface area contributed by atoms with E-state index < -0.39 is 0 Å². The third-order valence-electron chi connectivity index (χ3n) is 13.7. The Bertz CT molecular complexity index is 1040. The van der Waals surface area contributed by atoms with Crippen LogP contribution >= 0.6 is 0 Å². The molecule has 1 heterocycles. The van der Waals surface area contributed by atoms with E-state index in [4.69, 9.17) is 4.74 Å². The van der Waals surface area contributed by atoms with Gasteiger partial charge in [-0.1, -0.05) is 195 Å². The molecule has 9 heteroatoms. The fraction of sp³-hybridized carbons (Fsp3) is 0.945. The summed E-state index contributed by atoms with van der Waals surface area (Å²) >= 11 is 0. The number of carbonyl (C=O) groups is 3. The Labute approximate surface area is 398 Å². The molecule has 1 saturated heterocycles. The van der Waals surface area contributed by atoms with Crippen molar-refractivity contribution in [2.24, 2.45) is 0 Å². The van der Waals surface area contributed by atoms with Gasteiger partial charge in [0.05, 0.1) is 19.7 Å². The topological polar surface area (TPSA) is 76.6 Å². The van der Waals surface area contributed by atoms with Gasteiger partial charge >= 0.3 is 5.97 Å². The van der Waals surface area contributed by atoms with Crippen molar-refractivity contribution in [3.05, 3.63) is 0 Å². The number of hydrogen-bond acceptors (Lipinski definition) is 7. The smallest absolute Gasteiger partial charge is 0.305 e. The molecule has 0 aliphatic carbocycles. The van der Waals surface area contributed by atoms with Crippen LogP contribution in [0.15, 0.2) is 0 Å². The zero-order valence-electron chi connectivity index (χ0n) is 43.6. The molecular weight excluding hydrogens is 795 g/mol. The third-order valence-corrected chi connectivity index (χ3v) is 13.7. The van der Waals surface area contributed by atoms with Gasteiger partial charge in [-0.05, 0) is 78.2 Å². The maximum Gasteiger partial charge on any atom is 0.305 e. The van der Waals surface area contributed by atoms with Gasteiger partial charge in [-0.2, -0.15) is 0 Å². The average Bonchev–Trinajstić information content (AvgIpc) is 3.30. The van der Waals surface area contributed by atoms with Crippen LogP contribution in [0.4, 0.5) is 0 Å². The van der Waals surface area contributed by atoms with Gasteiger partial charge in [-0.3, -0.25) is 24.2 Å². The van der Waals surface area contributed by atoms with Crippen LogP contribution < -0.4 is 0 Å². The molecule has 1 aliphatic rings. The number of nitrogens with zero attached hydrogens (tertiary/aromatic N) is 5. The minimum atomic E-state index is -0.0960. The van der Waals surface area contributed by atoms with Crippen LogP contribution in [0.5, 0.6) is 0 Å². The Balaban J connectivity index is 2.78. The van der Waals surface area contributed by atoms with Gasteiger partial charge in [-0.15, -0.1) is 0 Å². The summed E-state index contributed by atoms with van der Waals surface area (Å²) in [5.74, 6) is 0.352. The molecule has 0 aromatic heterocycles. The van der Waals surface area contributed by atoms with E-state index in [1.807, 2.05) is 16.7 Å². The summed E-state index contributed by atoms with van der Waals surface area (Å²) in [6.45, 7) is 22.2. The van der Waals surface area contributed by atoms with Crippen molar-refractivity contribution in [1.82, 2.24) is 24.5 Å². The second-order valence-corrected chi connectivity index (χ2v) is 19.6. The lowest BCUT2D eigenvalue weighted by Gasteiger charge is -2.37. The molecular formula is C55H109N5O4.